The van der Waals surface area contributed by atoms with Crippen molar-refractivity contribution in [2.24, 2.45) is 0 Å². The number of unbranched alkanes of at least 4 members (excludes halogenated alkanes) is 6. The van der Waals surface area contributed by atoms with Crippen molar-refractivity contribution in [1.29, 1.82) is 0 Å². The SMILES string of the molecule is CC/C=C/C=C/CCCCCCCC. The maximum absolute atomic E-state index is 2.28. The Morgan fingerprint density at radius 3 is 2.07 bits per heavy atom. The van der Waals surface area contributed by atoms with Gasteiger partial charge >= 0.3 is 0 Å². The van der Waals surface area contributed by atoms with Gasteiger partial charge in [0.2, 0.25) is 0 Å². The fraction of sp³-hybridized carbons (Fsp3) is 0.714. The normalized spacial score (nSPS) is 11.9. The predicted octanol–water partition coefficient (Wildman–Crippen LogP) is 5.26. The van der Waals surface area contributed by atoms with Crippen molar-refractivity contribution in [3.63, 3.8) is 0 Å². The fourth-order valence-electron chi connectivity index (χ4n) is 1.43. The Balaban J connectivity index is 3.05. The van der Waals surface area contributed by atoms with Crippen molar-refractivity contribution < 1.29 is 0 Å². The first kappa shape index (κ1) is 13.5. The van der Waals surface area contributed by atoms with E-state index in [1.54, 1.807) is 0 Å². The molecule has 0 aliphatic rings. The van der Waals surface area contributed by atoms with Gasteiger partial charge in [0.1, 0.15) is 0 Å². The molecule has 0 aliphatic carbocycles. The molecule has 0 saturated carbocycles. The molecule has 0 bridgehead atoms. The molecule has 0 unspecified atom stereocenters. The standard InChI is InChI=1S/C14H26/c1-3-5-7-9-11-13-14-12-10-8-6-4-2/h5,7,9,11H,3-4,6,8,10,12-14H2,1-2H3/b7-5+,11-9+. The summed E-state index contributed by atoms with van der Waals surface area (Å²) in [6.45, 7) is 4.43. The molecule has 0 atom stereocenters. The second-order valence-corrected chi connectivity index (χ2v) is 3.82. The zero-order chi connectivity index (χ0) is 10.5. The van der Waals surface area contributed by atoms with Gasteiger partial charge in [-0.1, -0.05) is 70.3 Å². The van der Waals surface area contributed by atoms with E-state index in [0.717, 1.165) is 6.42 Å². The lowest BCUT2D eigenvalue weighted by Crippen LogP contribution is -1.77. The quantitative estimate of drug-likeness (QED) is 0.347. The van der Waals surface area contributed by atoms with Crippen LogP contribution in [0.5, 0.6) is 0 Å². The molecule has 0 aromatic heterocycles. The minimum Gasteiger partial charge on any atom is -0.0848 e. The molecule has 0 nitrogen and oxygen atoms in total. The summed E-state index contributed by atoms with van der Waals surface area (Å²) < 4.78 is 0. The van der Waals surface area contributed by atoms with Crippen molar-refractivity contribution in [3.05, 3.63) is 24.3 Å². The van der Waals surface area contributed by atoms with Crippen LogP contribution in [-0.4, -0.2) is 0 Å². The summed E-state index contributed by atoms with van der Waals surface area (Å²) in [5, 5.41) is 0. The average Bonchev–Trinajstić information content (AvgIpc) is 2.21. The Kier molecular flexibility index (Phi) is 12.0. The van der Waals surface area contributed by atoms with Crippen LogP contribution >= 0.6 is 0 Å². The monoisotopic (exact) mass is 194 g/mol. The molecule has 0 radical (unpaired) electrons. The first-order chi connectivity index (χ1) is 6.91. The molecular weight excluding hydrogens is 168 g/mol. The van der Waals surface area contributed by atoms with Crippen LogP contribution in [0.3, 0.4) is 0 Å². The van der Waals surface area contributed by atoms with Crippen LogP contribution in [0.25, 0.3) is 0 Å². The van der Waals surface area contributed by atoms with Crippen LogP contribution < -0.4 is 0 Å². The third-order valence-electron chi connectivity index (χ3n) is 2.34. The summed E-state index contributed by atoms with van der Waals surface area (Å²) in [5.74, 6) is 0. The molecule has 0 aliphatic heterocycles. The van der Waals surface area contributed by atoms with Crippen LogP contribution in [0.1, 0.15) is 65.2 Å². The number of hydrogen-bond acceptors (Lipinski definition) is 0. The van der Waals surface area contributed by atoms with E-state index in [4.69, 9.17) is 0 Å². The second kappa shape index (κ2) is 12.5. The van der Waals surface area contributed by atoms with Gasteiger partial charge in [0.05, 0.1) is 0 Å². The molecule has 0 aromatic rings. The zero-order valence-corrected chi connectivity index (χ0v) is 9.97. The van der Waals surface area contributed by atoms with Crippen LogP contribution in [0.15, 0.2) is 24.3 Å². The molecule has 0 spiro atoms. The summed E-state index contributed by atoms with van der Waals surface area (Å²) in [6.07, 6.45) is 19.6. The first-order valence-electron chi connectivity index (χ1n) is 6.23. The zero-order valence-electron chi connectivity index (χ0n) is 9.97. The third kappa shape index (κ3) is 11.5. The molecule has 0 heteroatoms. The van der Waals surface area contributed by atoms with E-state index in [1.165, 1.54) is 44.9 Å². The maximum atomic E-state index is 2.28. The van der Waals surface area contributed by atoms with Gasteiger partial charge in [-0.15, -0.1) is 0 Å². The lowest BCUT2D eigenvalue weighted by Gasteiger charge is -1.97. The van der Waals surface area contributed by atoms with Gasteiger partial charge in [0.25, 0.3) is 0 Å². The van der Waals surface area contributed by atoms with Crippen LogP contribution in [0, 0.1) is 0 Å². The van der Waals surface area contributed by atoms with Gasteiger partial charge in [-0.05, 0) is 19.3 Å². The smallest absolute Gasteiger partial charge is 0.0348 e. The molecule has 0 amide bonds. The molecule has 0 fully saturated rings. The molecule has 82 valence electrons. The van der Waals surface area contributed by atoms with Crippen molar-refractivity contribution >= 4 is 0 Å². The molecule has 14 heavy (non-hydrogen) atoms. The van der Waals surface area contributed by atoms with Crippen molar-refractivity contribution in [2.75, 3.05) is 0 Å². The van der Waals surface area contributed by atoms with E-state index in [0.29, 0.717) is 0 Å². The molecule has 0 N–H and O–H groups in total. The summed E-state index contributed by atoms with van der Waals surface area (Å²) in [4.78, 5) is 0. The number of rotatable bonds is 9. The highest BCUT2D eigenvalue weighted by Gasteiger charge is 1.87. The highest BCUT2D eigenvalue weighted by atomic mass is 13.9. The van der Waals surface area contributed by atoms with Gasteiger partial charge in [0.15, 0.2) is 0 Å². The molecule has 0 aromatic carbocycles. The van der Waals surface area contributed by atoms with E-state index < -0.39 is 0 Å². The van der Waals surface area contributed by atoms with Crippen LogP contribution in [0.2, 0.25) is 0 Å². The van der Waals surface area contributed by atoms with E-state index in [2.05, 4.69) is 38.2 Å². The third-order valence-corrected chi connectivity index (χ3v) is 2.34. The fourth-order valence-corrected chi connectivity index (χ4v) is 1.43. The van der Waals surface area contributed by atoms with Gasteiger partial charge in [-0.3, -0.25) is 0 Å². The number of allylic oxidation sites excluding steroid dienone is 4. The lowest BCUT2D eigenvalue weighted by atomic mass is 10.1. The van der Waals surface area contributed by atoms with Crippen molar-refractivity contribution in [3.8, 4) is 0 Å². The molecule has 0 rings (SSSR count). The van der Waals surface area contributed by atoms with Gasteiger partial charge in [0, 0.05) is 0 Å². The Hall–Kier alpha value is -0.520. The van der Waals surface area contributed by atoms with Gasteiger partial charge in [-0.2, -0.15) is 0 Å². The second-order valence-electron chi connectivity index (χ2n) is 3.82. The minimum atomic E-state index is 1.14. The van der Waals surface area contributed by atoms with Crippen LogP contribution in [-0.2, 0) is 0 Å². The van der Waals surface area contributed by atoms with E-state index in [9.17, 15) is 0 Å². The topological polar surface area (TPSA) is 0 Å². The van der Waals surface area contributed by atoms with E-state index in [1.807, 2.05) is 0 Å². The van der Waals surface area contributed by atoms with Gasteiger partial charge in [-0.25, -0.2) is 0 Å². The molecular formula is C14H26. The van der Waals surface area contributed by atoms with Crippen LogP contribution in [0.4, 0.5) is 0 Å². The summed E-state index contributed by atoms with van der Waals surface area (Å²) in [7, 11) is 0. The Bertz CT molecular complexity index is 142. The minimum absolute atomic E-state index is 1.14. The predicted molar refractivity (Wildman–Crippen MR) is 66.6 cm³/mol. The highest BCUT2D eigenvalue weighted by Crippen LogP contribution is 2.07. The summed E-state index contributed by atoms with van der Waals surface area (Å²) in [5.41, 5.74) is 0. The average molecular weight is 194 g/mol. The summed E-state index contributed by atoms with van der Waals surface area (Å²) >= 11 is 0. The highest BCUT2D eigenvalue weighted by molar-refractivity contribution is 5.01. The maximum Gasteiger partial charge on any atom is -0.0348 e. The van der Waals surface area contributed by atoms with E-state index >= 15 is 0 Å². The van der Waals surface area contributed by atoms with E-state index in [-0.39, 0.29) is 0 Å². The first-order valence-corrected chi connectivity index (χ1v) is 6.23. The molecule has 0 saturated heterocycles. The van der Waals surface area contributed by atoms with Crippen molar-refractivity contribution in [1.82, 2.24) is 0 Å². The largest absolute Gasteiger partial charge is 0.0848 e. The summed E-state index contributed by atoms with van der Waals surface area (Å²) in [6, 6.07) is 0. The Morgan fingerprint density at radius 2 is 1.36 bits per heavy atom. The number of hydrogen-bond donors (Lipinski definition) is 0. The van der Waals surface area contributed by atoms with Gasteiger partial charge < -0.3 is 0 Å². The lowest BCUT2D eigenvalue weighted by molar-refractivity contribution is 0.611. The Morgan fingerprint density at radius 1 is 0.714 bits per heavy atom. The van der Waals surface area contributed by atoms with Crippen molar-refractivity contribution in [2.45, 2.75) is 65.2 Å². The molecule has 0 heterocycles. The Labute approximate surface area is 90.1 Å².